The van der Waals surface area contributed by atoms with Crippen LogP contribution in [-0.2, 0) is 26.5 Å². The Morgan fingerprint density at radius 3 is 2.42 bits per heavy atom. The molecule has 0 unspecified atom stereocenters. The van der Waals surface area contributed by atoms with Gasteiger partial charge in [-0.25, -0.2) is 0 Å². The molecule has 52 heavy (non-hydrogen) atoms. The summed E-state index contributed by atoms with van der Waals surface area (Å²) < 4.78 is 95.3. The molecular weight excluding hydrogens is 822 g/mol. The van der Waals surface area contributed by atoms with Crippen molar-refractivity contribution in [3.8, 4) is 39.7 Å². The first-order valence-corrected chi connectivity index (χ1v) is 16.1. The van der Waals surface area contributed by atoms with Crippen LogP contribution in [0.15, 0.2) is 120 Å². The summed E-state index contributed by atoms with van der Waals surface area (Å²) in [7, 11) is 0. The Kier molecular flexibility index (Phi) is 7.60. The normalized spacial score (nSPS) is 14.5. The van der Waals surface area contributed by atoms with E-state index in [-0.39, 0.29) is 65.5 Å². The van der Waals surface area contributed by atoms with Crippen molar-refractivity contribution in [2.75, 3.05) is 0 Å². The molecule has 5 aromatic carbocycles. The number of nitrogens with zero attached hydrogens (tertiary/aromatic N) is 3. The number of hydrogen-bond donors (Lipinski definition) is 0. The molecule has 6 heteroatoms. The van der Waals surface area contributed by atoms with Gasteiger partial charge in [0.25, 0.3) is 0 Å². The average Bonchev–Trinajstić information content (AvgIpc) is 3.59. The minimum Gasteiger partial charge on any atom is -0.500 e. The Labute approximate surface area is 330 Å². The molecule has 0 aliphatic rings. The van der Waals surface area contributed by atoms with Gasteiger partial charge in [-0.2, -0.15) is 5.26 Å². The first-order chi connectivity index (χ1) is 28.2. The van der Waals surface area contributed by atoms with Crippen LogP contribution in [0.4, 0.5) is 4.39 Å². The van der Waals surface area contributed by atoms with Gasteiger partial charge in [0, 0.05) is 60.1 Å². The van der Waals surface area contributed by atoms with Crippen molar-refractivity contribution in [2.45, 2.75) is 40.8 Å². The Hall–Kier alpha value is -5.47. The van der Waals surface area contributed by atoms with E-state index in [4.69, 9.17) is 16.8 Å². The number of nitriles is 1. The molecule has 3 aromatic heterocycles. The molecule has 0 aliphatic heterocycles. The van der Waals surface area contributed by atoms with Gasteiger partial charge in [-0.3, -0.25) is 4.39 Å². The quantitative estimate of drug-likeness (QED) is 0.165. The van der Waals surface area contributed by atoms with E-state index in [0.717, 1.165) is 39.0 Å². The number of benzene rings is 5. The maximum atomic E-state index is 12.6. The van der Waals surface area contributed by atoms with E-state index in [9.17, 15) is 9.65 Å². The fourth-order valence-corrected chi connectivity index (χ4v) is 5.90. The van der Waals surface area contributed by atoms with Crippen molar-refractivity contribution < 1.29 is 41.2 Å². The van der Waals surface area contributed by atoms with Crippen LogP contribution in [0.2, 0.25) is 0 Å². The predicted octanol–water partition coefficient (Wildman–Crippen LogP) is 12.0. The molecule has 0 bridgehead atoms. The van der Waals surface area contributed by atoms with Crippen LogP contribution in [0.3, 0.4) is 0 Å². The molecule has 8 aromatic rings. The van der Waals surface area contributed by atoms with E-state index in [2.05, 4.69) is 28.2 Å². The van der Waals surface area contributed by atoms with Crippen molar-refractivity contribution in [3.63, 3.8) is 0 Å². The molecule has 259 valence electrons. The van der Waals surface area contributed by atoms with Gasteiger partial charge in [0.15, 0.2) is 0 Å². The minimum atomic E-state index is -2.80. The third-order valence-corrected chi connectivity index (χ3v) is 8.15. The van der Waals surface area contributed by atoms with E-state index in [1.807, 2.05) is 42.5 Å². The van der Waals surface area contributed by atoms with Crippen LogP contribution in [0.25, 0.3) is 66.4 Å². The monoisotopic (exact) mass is 867 g/mol. The molecule has 0 saturated heterocycles. The predicted molar refractivity (Wildman–Crippen MR) is 205 cm³/mol. The topological polar surface area (TPSA) is 62.7 Å². The summed E-state index contributed by atoms with van der Waals surface area (Å²) in [5.41, 5.74) is 2.15. The largest absolute Gasteiger partial charge is 0.500 e. The number of aryl methyl sites for hydroxylation is 2. The van der Waals surface area contributed by atoms with Crippen molar-refractivity contribution in [1.29, 1.82) is 5.26 Å². The van der Waals surface area contributed by atoms with Crippen molar-refractivity contribution in [2.24, 2.45) is 5.41 Å². The van der Waals surface area contributed by atoms with E-state index >= 15 is 0 Å². The summed E-state index contributed by atoms with van der Waals surface area (Å²) >= 11 is 0. The van der Waals surface area contributed by atoms with E-state index in [0.29, 0.717) is 22.3 Å². The molecule has 0 atom stereocenters. The second-order valence-corrected chi connectivity index (χ2v) is 13.0. The van der Waals surface area contributed by atoms with E-state index in [1.165, 1.54) is 30.3 Å². The van der Waals surface area contributed by atoms with Crippen molar-refractivity contribution >= 4 is 32.7 Å². The molecule has 0 spiro atoms. The second-order valence-electron chi connectivity index (χ2n) is 13.0. The average molecular weight is 867 g/mol. The van der Waals surface area contributed by atoms with Crippen LogP contribution in [0, 0.1) is 48.4 Å². The SMILES string of the molecule is Fc1c[c-]c(-c2ccccn2)cc1.[2H]c1cc(C([2H])([2H])C(C)(C)C)cc(C([2H])([2H])[2H])c1-c1cc(-c2[c-]ccc3c2oc2c4ccc(C#N)cc4ccc32)ncc1C([2H])([2H])[2H].[Ir]. The number of hydrogen-bond acceptors (Lipinski definition) is 4. The summed E-state index contributed by atoms with van der Waals surface area (Å²) in [6.07, 6.45) is 0.868. The fourth-order valence-electron chi connectivity index (χ4n) is 5.90. The Morgan fingerprint density at radius 1 is 0.865 bits per heavy atom. The Bertz CT molecular complexity index is 2950. The maximum absolute atomic E-state index is 12.6. The van der Waals surface area contributed by atoms with Gasteiger partial charge >= 0.3 is 0 Å². The van der Waals surface area contributed by atoms with Crippen LogP contribution >= 0.6 is 0 Å². The smallest absolute Gasteiger partial charge is 0.128 e. The van der Waals surface area contributed by atoms with Crippen LogP contribution < -0.4 is 0 Å². The number of furan rings is 1. The van der Waals surface area contributed by atoms with Gasteiger partial charge < -0.3 is 14.4 Å². The van der Waals surface area contributed by atoms with Gasteiger partial charge in [-0.1, -0.05) is 80.2 Å². The van der Waals surface area contributed by atoms with E-state index in [1.54, 1.807) is 51.2 Å². The summed E-state index contributed by atoms with van der Waals surface area (Å²) in [6.45, 7) is -0.467. The number of rotatable bonds is 4. The van der Waals surface area contributed by atoms with Crippen LogP contribution in [0.1, 0.15) is 55.4 Å². The minimum absolute atomic E-state index is 0. The standard InChI is InChI=1S/C35H29N2O.C11H7FN.Ir/c1-21-15-23(18-35(3,4)5)9-12-26(21)31-17-32(37-20-22(31)2)30-8-6-7-28-29-14-11-25-16-24(19-36)10-13-27(25)33(29)38-34(28)30;12-10-6-4-9(5-7-10)11-3-1-2-8-13-11;/h6-7,9-17,20H,18H2,1-5H3;1-4,6-8H;/q2*-1;/i1D3,2D3,12D,18D2;;. The number of aromatic nitrogens is 2. The van der Waals surface area contributed by atoms with Crippen LogP contribution in [-0.4, -0.2) is 9.97 Å². The van der Waals surface area contributed by atoms with Gasteiger partial charge in [-0.05, 0) is 94.3 Å². The zero-order valence-corrected chi connectivity index (χ0v) is 30.7. The second kappa shape index (κ2) is 15.0. The number of pyridine rings is 2. The summed E-state index contributed by atoms with van der Waals surface area (Å²) in [4.78, 5) is 8.59. The summed E-state index contributed by atoms with van der Waals surface area (Å²) in [5.74, 6) is -0.278. The number of fused-ring (bicyclic) bond motifs is 5. The van der Waals surface area contributed by atoms with Gasteiger partial charge in [-0.15, -0.1) is 48.0 Å². The summed E-state index contributed by atoms with van der Waals surface area (Å²) in [6, 6.07) is 34.3. The van der Waals surface area contributed by atoms with E-state index < -0.39 is 25.5 Å². The van der Waals surface area contributed by atoms with Crippen LogP contribution in [0.5, 0.6) is 0 Å². The van der Waals surface area contributed by atoms with Crippen molar-refractivity contribution in [1.82, 2.24) is 9.97 Å². The fraction of sp³-hybridized carbons (Fsp3) is 0.152. The number of halogens is 1. The van der Waals surface area contributed by atoms with Gasteiger partial charge in [0.1, 0.15) is 5.58 Å². The molecule has 0 N–H and O–H groups in total. The molecular formula is C46H36FIrN3O-2. The first-order valence-electron chi connectivity index (χ1n) is 20.6. The molecule has 0 saturated carbocycles. The third kappa shape index (κ3) is 7.58. The molecule has 4 nitrogen and oxygen atoms in total. The molecule has 0 fully saturated rings. The molecule has 0 amide bonds. The van der Waals surface area contributed by atoms with Gasteiger partial charge in [0.05, 0.1) is 18.6 Å². The van der Waals surface area contributed by atoms with Crippen molar-refractivity contribution in [3.05, 3.63) is 156 Å². The molecule has 0 aliphatic carbocycles. The molecule has 3 heterocycles. The third-order valence-electron chi connectivity index (χ3n) is 8.15. The van der Waals surface area contributed by atoms with Gasteiger partial charge in [0.2, 0.25) is 0 Å². The summed E-state index contributed by atoms with van der Waals surface area (Å²) in [5, 5.41) is 12.5. The Balaban J connectivity index is 0.000000378. The molecule has 1 radical (unpaired) electrons. The Morgan fingerprint density at radius 2 is 1.69 bits per heavy atom. The molecule has 8 rings (SSSR count). The first kappa shape index (κ1) is 26.3. The zero-order chi connectivity index (χ0) is 43.4. The maximum Gasteiger partial charge on any atom is 0.128 e. The zero-order valence-electron chi connectivity index (χ0n) is 37.4.